The Hall–Kier alpha value is -2.78. The summed E-state index contributed by atoms with van der Waals surface area (Å²) in [6.07, 6.45) is 3.17. The lowest BCUT2D eigenvalue weighted by Crippen LogP contribution is -1.95. The number of carbonyl (C=O) groups excluding carboxylic acids is 1. The van der Waals surface area contributed by atoms with Gasteiger partial charge >= 0.3 is 0 Å². The molecule has 0 spiro atoms. The molecule has 0 radical (unpaired) electrons. The molecule has 0 fully saturated rings. The fourth-order valence-electron chi connectivity index (χ4n) is 2.43. The Labute approximate surface area is 157 Å². The van der Waals surface area contributed by atoms with Crippen molar-refractivity contribution in [2.24, 2.45) is 0 Å². The highest BCUT2D eigenvalue weighted by Crippen LogP contribution is 2.26. The van der Waals surface area contributed by atoms with Crippen LogP contribution in [-0.4, -0.2) is 5.78 Å². The van der Waals surface area contributed by atoms with Crippen LogP contribution in [0.3, 0.4) is 0 Å². The van der Waals surface area contributed by atoms with Crippen LogP contribution in [0.15, 0.2) is 65.1 Å². The molecule has 3 rings (SSSR count). The molecular weight excluding hydrogens is 348 g/mol. The van der Waals surface area contributed by atoms with Crippen molar-refractivity contribution >= 4 is 23.5 Å². The maximum Gasteiger partial charge on any atom is 0.185 e. The molecule has 0 aliphatic rings. The minimum atomic E-state index is -0.0613. The van der Waals surface area contributed by atoms with Crippen LogP contribution in [0.2, 0.25) is 5.02 Å². The van der Waals surface area contributed by atoms with Crippen LogP contribution >= 0.6 is 11.6 Å². The number of aryl methyl sites for hydroxylation is 1. The number of carbonyl (C=O) groups is 1. The summed E-state index contributed by atoms with van der Waals surface area (Å²) in [7, 11) is 0. The first-order valence-corrected chi connectivity index (χ1v) is 8.66. The molecule has 0 aliphatic carbocycles. The molecule has 0 N–H and O–H groups in total. The number of ketones is 1. The third-order valence-corrected chi connectivity index (χ3v) is 4.41. The lowest BCUT2D eigenvalue weighted by molar-refractivity contribution is 0.104. The molecular formula is C22H19ClO3. The van der Waals surface area contributed by atoms with E-state index in [9.17, 15) is 4.79 Å². The number of benzene rings is 2. The van der Waals surface area contributed by atoms with Gasteiger partial charge in [-0.15, -0.1) is 0 Å². The molecule has 0 atom stereocenters. The summed E-state index contributed by atoms with van der Waals surface area (Å²) in [6, 6.07) is 16.6. The predicted molar refractivity (Wildman–Crippen MR) is 104 cm³/mol. The summed E-state index contributed by atoms with van der Waals surface area (Å²) in [5.41, 5.74) is 2.67. The van der Waals surface area contributed by atoms with Crippen molar-refractivity contribution in [1.29, 1.82) is 0 Å². The van der Waals surface area contributed by atoms with E-state index in [2.05, 4.69) is 0 Å². The Kier molecular flexibility index (Phi) is 5.59. The molecule has 0 bridgehead atoms. The second kappa shape index (κ2) is 8.07. The third-order valence-electron chi connectivity index (χ3n) is 4.01. The van der Waals surface area contributed by atoms with Crippen molar-refractivity contribution in [3.63, 3.8) is 0 Å². The van der Waals surface area contributed by atoms with E-state index >= 15 is 0 Å². The van der Waals surface area contributed by atoms with Gasteiger partial charge in [0.25, 0.3) is 0 Å². The number of rotatable bonds is 6. The lowest BCUT2D eigenvalue weighted by atomic mass is 10.1. The average Bonchev–Trinajstić information content (AvgIpc) is 3.09. The van der Waals surface area contributed by atoms with E-state index < -0.39 is 0 Å². The van der Waals surface area contributed by atoms with Gasteiger partial charge < -0.3 is 9.15 Å². The van der Waals surface area contributed by atoms with Crippen molar-refractivity contribution in [2.75, 3.05) is 0 Å². The van der Waals surface area contributed by atoms with Gasteiger partial charge in [-0.25, -0.2) is 0 Å². The number of hydrogen-bond acceptors (Lipinski definition) is 3. The van der Waals surface area contributed by atoms with Crippen LogP contribution in [0.5, 0.6) is 5.75 Å². The van der Waals surface area contributed by atoms with Crippen molar-refractivity contribution in [1.82, 2.24) is 0 Å². The van der Waals surface area contributed by atoms with Crippen LogP contribution in [0, 0.1) is 13.8 Å². The number of furan rings is 1. The van der Waals surface area contributed by atoms with Gasteiger partial charge in [-0.1, -0.05) is 47.5 Å². The second-order valence-electron chi connectivity index (χ2n) is 6.02. The predicted octanol–water partition coefficient (Wildman–Crippen LogP) is 6.02. The van der Waals surface area contributed by atoms with E-state index in [-0.39, 0.29) is 5.78 Å². The molecule has 2 aromatic carbocycles. The molecule has 0 saturated heterocycles. The Balaban J connectivity index is 1.61. The molecule has 132 valence electrons. The highest BCUT2D eigenvalue weighted by atomic mass is 35.5. The van der Waals surface area contributed by atoms with Crippen LogP contribution in [0.4, 0.5) is 0 Å². The number of halogens is 1. The maximum absolute atomic E-state index is 12.2. The van der Waals surface area contributed by atoms with E-state index in [1.807, 2.05) is 68.4 Å². The van der Waals surface area contributed by atoms with E-state index in [1.165, 1.54) is 6.08 Å². The quantitative estimate of drug-likeness (QED) is 0.395. The maximum atomic E-state index is 12.2. The normalized spacial score (nSPS) is 11.0. The number of allylic oxidation sites excluding steroid dienone is 1. The van der Waals surface area contributed by atoms with E-state index in [0.717, 1.165) is 16.9 Å². The molecule has 1 aromatic heterocycles. The Bertz CT molecular complexity index is 936. The summed E-state index contributed by atoms with van der Waals surface area (Å²) in [4.78, 5) is 12.2. The van der Waals surface area contributed by atoms with Gasteiger partial charge in [0.2, 0.25) is 0 Å². The molecule has 0 unspecified atom stereocenters. The molecule has 0 aliphatic heterocycles. The topological polar surface area (TPSA) is 39.4 Å². The zero-order valence-corrected chi connectivity index (χ0v) is 15.4. The van der Waals surface area contributed by atoms with Gasteiger partial charge in [0.1, 0.15) is 23.9 Å². The van der Waals surface area contributed by atoms with Gasteiger partial charge in [0.05, 0.1) is 0 Å². The van der Waals surface area contributed by atoms with Crippen molar-refractivity contribution < 1.29 is 13.9 Å². The van der Waals surface area contributed by atoms with Gasteiger partial charge in [-0.2, -0.15) is 0 Å². The van der Waals surface area contributed by atoms with Gasteiger partial charge in [-0.3, -0.25) is 4.79 Å². The van der Waals surface area contributed by atoms with E-state index in [0.29, 0.717) is 28.7 Å². The molecule has 0 amide bonds. The smallest absolute Gasteiger partial charge is 0.185 e. The standard InChI is InChI=1S/C22H19ClO3/c1-15-6-8-17(9-7-15)21(24)13-12-18-10-11-19(26-18)14-25-22-5-3-4-20(23)16(22)2/h3-13H,14H2,1-2H3/b13-12+. The van der Waals surface area contributed by atoms with Crippen LogP contribution in [-0.2, 0) is 6.61 Å². The highest BCUT2D eigenvalue weighted by molar-refractivity contribution is 6.31. The zero-order chi connectivity index (χ0) is 18.5. The van der Waals surface area contributed by atoms with Crippen LogP contribution in [0.1, 0.15) is 33.0 Å². The van der Waals surface area contributed by atoms with Gasteiger partial charge in [-0.05, 0) is 50.3 Å². The summed E-state index contributed by atoms with van der Waals surface area (Å²) < 4.78 is 11.4. The fourth-order valence-corrected chi connectivity index (χ4v) is 2.59. The summed E-state index contributed by atoms with van der Waals surface area (Å²) in [5.74, 6) is 1.94. The molecule has 1 heterocycles. The SMILES string of the molecule is Cc1ccc(C(=O)/C=C/c2ccc(COc3cccc(Cl)c3C)o2)cc1. The van der Waals surface area contributed by atoms with Crippen molar-refractivity contribution in [3.8, 4) is 5.75 Å². The largest absolute Gasteiger partial charge is 0.485 e. The first kappa shape index (κ1) is 18.0. The Morgan fingerprint density at radius 3 is 2.62 bits per heavy atom. The van der Waals surface area contributed by atoms with Crippen LogP contribution < -0.4 is 4.74 Å². The Morgan fingerprint density at radius 2 is 1.85 bits per heavy atom. The zero-order valence-electron chi connectivity index (χ0n) is 14.7. The van der Waals surface area contributed by atoms with Gasteiger partial charge in [0.15, 0.2) is 5.78 Å². The molecule has 0 saturated carbocycles. The first-order valence-electron chi connectivity index (χ1n) is 8.28. The summed E-state index contributed by atoms with van der Waals surface area (Å²) in [6.45, 7) is 4.19. The first-order chi connectivity index (χ1) is 12.5. The van der Waals surface area contributed by atoms with Crippen molar-refractivity contribution in [2.45, 2.75) is 20.5 Å². The molecule has 3 aromatic rings. The average molecular weight is 367 g/mol. The van der Waals surface area contributed by atoms with E-state index in [1.54, 1.807) is 6.08 Å². The lowest BCUT2D eigenvalue weighted by Gasteiger charge is -2.08. The minimum Gasteiger partial charge on any atom is -0.485 e. The van der Waals surface area contributed by atoms with E-state index in [4.69, 9.17) is 20.8 Å². The van der Waals surface area contributed by atoms with Crippen molar-refractivity contribution in [3.05, 3.63) is 93.9 Å². The summed E-state index contributed by atoms with van der Waals surface area (Å²) >= 11 is 6.09. The molecule has 4 heteroatoms. The minimum absolute atomic E-state index is 0.0613. The molecule has 26 heavy (non-hydrogen) atoms. The highest BCUT2D eigenvalue weighted by Gasteiger charge is 2.06. The fraction of sp³-hybridized carbons (Fsp3) is 0.136. The number of hydrogen-bond donors (Lipinski definition) is 0. The monoisotopic (exact) mass is 366 g/mol. The van der Waals surface area contributed by atoms with Crippen LogP contribution in [0.25, 0.3) is 6.08 Å². The summed E-state index contributed by atoms with van der Waals surface area (Å²) in [5, 5.41) is 0.667. The third kappa shape index (κ3) is 4.44. The number of ether oxygens (including phenoxy) is 1. The second-order valence-corrected chi connectivity index (χ2v) is 6.43. The Morgan fingerprint density at radius 1 is 1.08 bits per heavy atom. The van der Waals surface area contributed by atoms with Gasteiger partial charge in [0, 0.05) is 16.1 Å². The molecule has 3 nitrogen and oxygen atoms in total.